The van der Waals surface area contributed by atoms with Crippen LogP contribution in [0.5, 0.6) is 0 Å². The highest BCUT2D eigenvalue weighted by Gasteiger charge is 2.23. The van der Waals surface area contributed by atoms with Crippen molar-refractivity contribution in [2.75, 3.05) is 13.1 Å². The fourth-order valence-electron chi connectivity index (χ4n) is 2.41. The van der Waals surface area contributed by atoms with E-state index >= 15 is 0 Å². The summed E-state index contributed by atoms with van der Waals surface area (Å²) < 4.78 is 2.03. The molecule has 17 heavy (non-hydrogen) atoms. The Labute approximate surface area is 104 Å². The first kappa shape index (κ1) is 12.6. The molecule has 0 aromatic carbocycles. The molecule has 1 aromatic heterocycles. The Kier molecular flexibility index (Phi) is 4.18. The van der Waals surface area contributed by atoms with E-state index in [-0.39, 0.29) is 0 Å². The van der Waals surface area contributed by atoms with Crippen LogP contribution in [0.25, 0.3) is 0 Å². The first-order chi connectivity index (χ1) is 8.19. The third kappa shape index (κ3) is 3.30. The first-order valence-electron chi connectivity index (χ1n) is 6.68. The van der Waals surface area contributed by atoms with E-state index in [1.54, 1.807) is 0 Å². The molecule has 1 aliphatic heterocycles. The highest BCUT2D eigenvalue weighted by molar-refractivity contribution is 5.04. The molecule has 0 radical (unpaired) electrons. The summed E-state index contributed by atoms with van der Waals surface area (Å²) in [6.07, 6.45) is 6.49. The Balaban J connectivity index is 1.87. The second-order valence-corrected chi connectivity index (χ2v) is 5.28. The molecule has 1 saturated heterocycles. The zero-order valence-electron chi connectivity index (χ0n) is 11.0. The molecular formula is C13H24N4. The van der Waals surface area contributed by atoms with Crippen molar-refractivity contribution in [2.45, 2.75) is 45.8 Å². The SMILES string of the molecule is CCCn1cc(CN2CCC(C)C(N)C2)cn1. The first-order valence-corrected chi connectivity index (χ1v) is 6.68. The van der Waals surface area contributed by atoms with E-state index in [0.717, 1.165) is 32.6 Å². The van der Waals surface area contributed by atoms with Gasteiger partial charge in [0.05, 0.1) is 6.20 Å². The van der Waals surface area contributed by atoms with E-state index in [1.807, 2.05) is 10.9 Å². The van der Waals surface area contributed by atoms with E-state index < -0.39 is 0 Å². The summed E-state index contributed by atoms with van der Waals surface area (Å²) in [4.78, 5) is 2.44. The molecule has 1 aromatic rings. The normalized spacial score (nSPS) is 26.3. The van der Waals surface area contributed by atoms with Gasteiger partial charge in [-0.15, -0.1) is 0 Å². The average molecular weight is 236 g/mol. The van der Waals surface area contributed by atoms with Gasteiger partial charge >= 0.3 is 0 Å². The molecular weight excluding hydrogens is 212 g/mol. The molecule has 0 bridgehead atoms. The summed E-state index contributed by atoms with van der Waals surface area (Å²) in [6.45, 7) is 8.60. The van der Waals surface area contributed by atoms with Crippen LogP contribution in [0, 0.1) is 5.92 Å². The minimum Gasteiger partial charge on any atom is -0.326 e. The van der Waals surface area contributed by atoms with E-state index in [9.17, 15) is 0 Å². The van der Waals surface area contributed by atoms with Gasteiger partial charge in [-0.05, 0) is 25.3 Å². The highest BCUT2D eigenvalue weighted by atomic mass is 15.3. The molecule has 1 fully saturated rings. The van der Waals surface area contributed by atoms with Gasteiger partial charge in [0.15, 0.2) is 0 Å². The van der Waals surface area contributed by atoms with Gasteiger partial charge in [-0.3, -0.25) is 9.58 Å². The molecule has 4 heteroatoms. The number of aryl methyl sites for hydroxylation is 1. The van der Waals surface area contributed by atoms with Crippen molar-refractivity contribution in [1.82, 2.24) is 14.7 Å². The number of likely N-dealkylation sites (tertiary alicyclic amines) is 1. The van der Waals surface area contributed by atoms with Crippen molar-refractivity contribution in [3.8, 4) is 0 Å². The molecule has 0 spiro atoms. The van der Waals surface area contributed by atoms with E-state index in [4.69, 9.17) is 5.73 Å². The maximum absolute atomic E-state index is 6.11. The molecule has 2 N–H and O–H groups in total. The van der Waals surface area contributed by atoms with E-state index in [2.05, 4.69) is 30.0 Å². The Morgan fingerprint density at radius 2 is 2.35 bits per heavy atom. The van der Waals surface area contributed by atoms with Crippen LogP contribution in [-0.4, -0.2) is 33.8 Å². The van der Waals surface area contributed by atoms with Crippen LogP contribution in [0.3, 0.4) is 0 Å². The van der Waals surface area contributed by atoms with Gasteiger partial charge in [-0.25, -0.2) is 0 Å². The van der Waals surface area contributed by atoms with Crippen molar-refractivity contribution in [3.05, 3.63) is 18.0 Å². The van der Waals surface area contributed by atoms with E-state index in [1.165, 1.54) is 12.0 Å². The van der Waals surface area contributed by atoms with E-state index in [0.29, 0.717) is 12.0 Å². The Hall–Kier alpha value is -0.870. The largest absolute Gasteiger partial charge is 0.326 e. The second kappa shape index (κ2) is 5.65. The smallest absolute Gasteiger partial charge is 0.0534 e. The van der Waals surface area contributed by atoms with Crippen molar-refractivity contribution in [1.29, 1.82) is 0 Å². The summed E-state index contributed by atoms with van der Waals surface area (Å²) in [5, 5.41) is 4.36. The summed E-state index contributed by atoms with van der Waals surface area (Å²) in [5.41, 5.74) is 7.42. The van der Waals surface area contributed by atoms with Gasteiger partial charge in [-0.2, -0.15) is 5.10 Å². The zero-order valence-corrected chi connectivity index (χ0v) is 11.0. The number of hydrogen-bond donors (Lipinski definition) is 1. The van der Waals surface area contributed by atoms with Gasteiger partial charge < -0.3 is 5.73 Å². The second-order valence-electron chi connectivity index (χ2n) is 5.28. The molecule has 2 atom stereocenters. The third-order valence-corrected chi connectivity index (χ3v) is 3.65. The lowest BCUT2D eigenvalue weighted by Crippen LogP contribution is -2.47. The van der Waals surface area contributed by atoms with Crippen molar-refractivity contribution < 1.29 is 0 Å². The third-order valence-electron chi connectivity index (χ3n) is 3.65. The summed E-state index contributed by atoms with van der Waals surface area (Å²) in [5.74, 6) is 0.661. The van der Waals surface area contributed by atoms with Gasteiger partial charge in [0.1, 0.15) is 0 Å². The highest BCUT2D eigenvalue weighted by Crippen LogP contribution is 2.17. The van der Waals surface area contributed by atoms with Crippen molar-refractivity contribution in [3.63, 3.8) is 0 Å². The van der Waals surface area contributed by atoms with Gasteiger partial charge in [0.2, 0.25) is 0 Å². The number of aromatic nitrogens is 2. The van der Waals surface area contributed by atoms with Crippen molar-refractivity contribution in [2.24, 2.45) is 11.7 Å². The lowest BCUT2D eigenvalue weighted by molar-refractivity contribution is 0.162. The lowest BCUT2D eigenvalue weighted by atomic mass is 9.94. The predicted octanol–water partition coefficient (Wildman–Crippen LogP) is 1.46. The minimum absolute atomic E-state index is 0.328. The van der Waals surface area contributed by atoms with Gasteiger partial charge in [0, 0.05) is 37.4 Å². The zero-order chi connectivity index (χ0) is 12.3. The number of piperidine rings is 1. The maximum Gasteiger partial charge on any atom is 0.0534 e. The monoisotopic (exact) mass is 236 g/mol. The van der Waals surface area contributed by atoms with Crippen LogP contribution >= 0.6 is 0 Å². The fraction of sp³-hybridized carbons (Fsp3) is 0.769. The number of hydrogen-bond acceptors (Lipinski definition) is 3. The van der Waals surface area contributed by atoms with Crippen LogP contribution in [-0.2, 0) is 13.1 Å². The predicted molar refractivity (Wildman–Crippen MR) is 69.6 cm³/mol. The Morgan fingerprint density at radius 3 is 3.06 bits per heavy atom. The topological polar surface area (TPSA) is 47.1 Å². The molecule has 0 saturated carbocycles. The average Bonchev–Trinajstić information content (AvgIpc) is 2.72. The Bertz CT molecular complexity index is 347. The molecule has 0 amide bonds. The summed E-state index contributed by atoms with van der Waals surface area (Å²) >= 11 is 0. The van der Waals surface area contributed by atoms with Crippen LogP contribution in [0.2, 0.25) is 0 Å². The standard InChI is InChI=1S/C13H24N4/c1-3-5-17-9-12(7-15-17)8-16-6-4-11(2)13(14)10-16/h7,9,11,13H,3-6,8,10,14H2,1-2H3. The van der Waals surface area contributed by atoms with Gasteiger partial charge in [-0.1, -0.05) is 13.8 Å². The molecule has 96 valence electrons. The molecule has 2 unspecified atom stereocenters. The van der Waals surface area contributed by atoms with Gasteiger partial charge in [0.25, 0.3) is 0 Å². The molecule has 0 aliphatic carbocycles. The number of nitrogens with zero attached hydrogens (tertiary/aromatic N) is 3. The molecule has 1 aliphatic rings. The van der Waals surface area contributed by atoms with Crippen molar-refractivity contribution >= 4 is 0 Å². The lowest BCUT2D eigenvalue weighted by Gasteiger charge is -2.34. The fourth-order valence-corrected chi connectivity index (χ4v) is 2.41. The summed E-state index contributed by atoms with van der Waals surface area (Å²) in [7, 11) is 0. The summed E-state index contributed by atoms with van der Waals surface area (Å²) in [6, 6.07) is 0.328. The van der Waals surface area contributed by atoms with Crippen LogP contribution < -0.4 is 5.73 Å². The number of nitrogens with two attached hydrogens (primary N) is 1. The Morgan fingerprint density at radius 1 is 1.53 bits per heavy atom. The van der Waals surface area contributed by atoms with Crippen LogP contribution in [0.4, 0.5) is 0 Å². The quantitative estimate of drug-likeness (QED) is 0.861. The molecule has 2 heterocycles. The maximum atomic E-state index is 6.11. The molecule has 4 nitrogen and oxygen atoms in total. The van der Waals surface area contributed by atoms with Crippen LogP contribution in [0.1, 0.15) is 32.3 Å². The minimum atomic E-state index is 0.328. The number of rotatable bonds is 4. The molecule has 2 rings (SSSR count). The van der Waals surface area contributed by atoms with Crippen LogP contribution in [0.15, 0.2) is 12.4 Å².